The highest BCUT2D eigenvalue weighted by atomic mass is 79.9. The molecule has 2 rings (SSSR count). The van der Waals surface area contributed by atoms with Gasteiger partial charge in [0, 0.05) is 24.5 Å². The summed E-state index contributed by atoms with van der Waals surface area (Å²) in [5, 5.41) is 7.98. The molecule has 0 spiro atoms. The van der Waals surface area contributed by atoms with Gasteiger partial charge in [-0.05, 0) is 34.5 Å². The predicted octanol–water partition coefficient (Wildman–Crippen LogP) is 1.69. The number of nitrogens with two attached hydrogens (primary N) is 1. The van der Waals surface area contributed by atoms with Gasteiger partial charge in [0.15, 0.2) is 0 Å². The average Bonchev–Trinajstić information content (AvgIpc) is 2.83. The number of rotatable bonds is 4. The van der Waals surface area contributed by atoms with Crippen LogP contribution in [0.3, 0.4) is 0 Å². The molecule has 7 heteroatoms. The van der Waals surface area contributed by atoms with Crippen molar-refractivity contribution in [2.75, 3.05) is 0 Å². The van der Waals surface area contributed by atoms with E-state index < -0.39 is 0 Å². The number of halogens is 1. The third kappa shape index (κ3) is 2.92. The van der Waals surface area contributed by atoms with E-state index >= 15 is 0 Å². The molecule has 0 radical (unpaired) electrons. The van der Waals surface area contributed by atoms with Gasteiger partial charge in [0.25, 0.3) is 0 Å². The van der Waals surface area contributed by atoms with Crippen LogP contribution in [0, 0.1) is 6.92 Å². The Labute approximate surface area is 112 Å². The molecule has 0 aliphatic carbocycles. The third-order valence-corrected chi connectivity index (χ3v) is 4.73. The van der Waals surface area contributed by atoms with E-state index in [0.717, 1.165) is 15.9 Å². The van der Waals surface area contributed by atoms with Crippen LogP contribution in [-0.4, -0.2) is 15.0 Å². The zero-order valence-corrected chi connectivity index (χ0v) is 12.0. The van der Waals surface area contributed by atoms with Gasteiger partial charge in [-0.25, -0.2) is 0 Å². The molecule has 0 saturated carbocycles. The number of nitrogens with one attached hydrogen (secondary N) is 1. The van der Waals surface area contributed by atoms with E-state index in [2.05, 4.69) is 44.7 Å². The second kappa shape index (κ2) is 5.26. The SMILES string of the molecule is Cc1cc(C(Cc2cn(C)nn2)NN)sc1Br. The van der Waals surface area contributed by atoms with Crippen LogP contribution in [-0.2, 0) is 13.5 Å². The topological polar surface area (TPSA) is 68.8 Å². The van der Waals surface area contributed by atoms with Gasteiger partial charge in [-0.3, -0.25) is 16.0 Å². The molecule has 2 aromatic rings. The van der Waals surface area contributed by atoms with Crippen LogP contribution in [0.1, 0.15) is 22.2 Å². The highest BCUT2D eigenvalue weighted by Gasteiger charge is 2.16. The monoisotopic (exact) mass is 315 g/mol. The molecule has 1 atom stereocenters. The highest BCUT2D eigenvalue weighted by Crippen LogP contribution is 2.32. The molecule has 0 saturated heterocycles. The minimum Gasteiger partial charge on any atom is -0.271 e. The van der Waals surface area contributed by atoms with Crippen molar-refractivity contribution in [1.82, 2.24) is 20.4 Å². The van der Waals surface area contributed by atoms with Gasteiger partial charge in [0.2, 0.25) is 0 Å². The van der Waals surface area contributed by atoms with E-state index in [9.17, 15) is 0 Å². The molecule has 5 nitrogen and oxygen atoms in total. The van der Waals surface area contributed by atoms with E-state index in [4.69, 9.17) is 5.84 Å². The van der Waals surface area contributed by atoms with Crippen molar-refractivity contribution in [3.05, 3.63) is 32.2 Å². The van der Waals surface area contributed by atoms with Crippen molar-refractivity contribution in [1.29, 1.82) is 0 Å². The quantitative estimate of drug-likeness (QED) is 0.665. The number of hydrogen-bond donors (Lipinski definition) is 2. The molecular weight excluding hydrogens is 302 g/mol. The first-order valence-electron chi connectivity index (χ1n) is 5.17. The van der Waals surface area contributed by atoms with Gasteiger partial charge in [0.1, 0.15) is 0 Å². The molecule has 17 heavy (non-hydrogen) atoms. The minimum absolute atomic E-state index is 0.0710. The van der Waals surface area contributed by atoms with Crippen LogP contribution in [0.2, 0.25) is 0 Å². The number of aromatic nitrogens is 3. The van der Waals surface area contributed by atoms with E-state index in [1.807, 2.05) is 13.2 Å². The highest BCUT2D eigenvalue weighted by molar-refractivity contribution is 9.11. The van der Waals surface area contributed by atoms with Crippen molar-refractivity contribution in [2.24, 2.45) is 12.9 Å². The van der Waals surface area contributed by atoms with Gasteiger partial charge in [-0.15, -0.1) is 16.4 Å². The van der Waals surface area contributed by atoms with Gasteiger partial charge in [-0.1, -0.05) is 5.21 Å². The molecular formula is C10H14BrN5S. The molecule has 0 bridgehead atoms. The summed E-state index contributed by atoms with van der Waals surface area (Å²) in [6.07, 6.45) is 2.64. The summed E-state index contributed by atoms with van der Waals surface area (Å²) >= 11 is 5.21. The summed E-state index contributed by atoms with van der Waals surface area (Å²) in [7, 11) is 1.85. The first-order valence-corrected chi connectivity index (χ1v) is 6.78. The van der Waals surface area contributed by atoms with Gasteiger partial charge < -0.3 is 0 Å². The van der Waals surface area contributed by atoms with E-state index in [1.165, 1.54) is 10.4 Å². The Morgan fingerprint density at radius 1 is 1.65 bits per heavy atom. The summed E-state index contributed by atoms with van der Waals surface area (Å²) in [6, 6.07) is 2.21. The minimum atomic E-state index is 0.0710. The molecule has 0 aliphatic rings. The van der Waals surface area contributed by atoms with Crippen LogP contribution in [0.5, 0.6) is 0 Å². The van der Waals surface area contributed by atoms with E-state index in [0.29, 0.717) is 0 Å². The van der Waals surface area contributed by atoms with Gasteiger partial charge >= 0.3 is 0 Å². The maximum atomic E-state index is 5.61. The Balaban J connectivity index is 2.16. The molecule has 0 amide bonds. The van der Waals surface area contributed by atoms with Crippen molar-refractivity contribution >= 4 is 27.3 Å². The largest absolute Gasteiger partial charge is 0.271 e. The maximum Gasteiger partial charge on any atom is 0.0846 e. The van der Waals surface area contributed by atoms with Crippen molar-refractivity contribution in [2.45, 2.75) is 19.4 Å². The lowest BCUT2D eigenvalue weighted by molar-refractivity contribution is 0.553. The number of aryl methyl sites for hydroxylation is 2. The van der Waals surface area contributed by atoms with Crippen LogP contribution >= 0.6 is 27.3 Å². The summed E-state index contributed by atoms with van der Waals surface area (Å²) in [6.45, 7) is 2.07. The molecule has 92 valence electrons. The summed E-state index contributed by atoms with van der Waals surface area (Å²) in [5.74, 6) is 5.61. The van der Waals surface area contributed by atoms with Crippen molar-refractivity contribution < 1.29 is 0 Å². The second-order valence-electron chi connectivity index (χ2n) is 3.91. The zero-order chi connectivity index (χ0) is 12.4. The van der Waals surface area contributed by atoms with Crippen LogP contribution in [0.15, 0.2) is 16.0 Å². The Morgan fingerprint density at radius 3 is 2.88 bits per heavy atom. The smallest absolute Gasteiger partial charge is 0.0846 e. The second-order valence-corrected chi connectivity index (χ2v) is 6.31. The summed E-state index contributed by atoms with van der Waals surface area (Å²) < 4.78 is 2.84. The molecule has 0 aromatic carbocycles. The van der Waals surface area contributed by atoms with E-state index in [1.54, 1.807) is 16.0 Å². The molecule has 0 fully saturated rings. The van der Waals surface area contributed by atoms with Gasteiger partial charge in [0.05, 0.1) is 15.5 Å². The Kier molecular flexibility index (Phi) is 3.93. The molecule has 1 unspecified atom stereocenters. The molecule has 3 N–H and O–H groups in total. The normalized spacial score (nSPS) is 12.9. The molecule has 2 aromatic heterocycles. The lowest BCUT2D eigenvalue weighted by Gasteiger charge is -2.11. The maximum absolute atomic E-state index is 5.61. The van der Waals surface area contributed by atoms with Gasteiger partial charge in [-0.2, -0.15) is 0 Å². The molecule has 2 heterocycles. The average molecular weight is 316 g/mol. The lowest BCUT2D eigenvalue weighted by Crippen LogP contribution is -2.29. The van der Waals surface area contributed by atoms with E-state index in [-0.39, 0.29) is 6.04 Å². The van der Waals surface area contributed by atoms with Crippen molar-refractivity contribution in [3.63, 3.8) is 0 Å². The predicted molar refractivity (Wildman–Crippen MR) is 71.5 cm³/mol. The van der Waals surface area contributed by atoms with Crippen LogP contribution in [0.25, 0.3) is 0 Å². The van der Waals surface area contributed by atoms with Crippen molar-refractivity contribution in [3.8, 4) is 0 Å². The number of thiophene rings is 1. The zero-order valence-electron chi connectivity index (χ0n) is 9.64. The first kappa shape index (κ1) is 12.7. The fourth-order valence-electron chi connectivity index (χ4n) is 1.59. The number of nitrogens with zero attached hydrogens (tertiary/aromatic N) is 3. The third-order valence-electron chi connectivity index (χ3n) is 2.48. The Morgan fingerprint density at radius 2 is 2.41 bits per heavy atom. The lowest BCUT2D eigenvalue weighted by atomic mass is 10.1. The Bertz CT molecular complexity index is 487. The first-order chi connectivity index (χ1) is 8.10. The van der Waals surface area contributed by atoms with Crippen LogP contribution < -0.4 is 11.3 Å². The fourth-order valence-corrected chi connectivity index (χ4v) is 3.23. The Hall–Kier alpha value is -0.760. The molecule has 0 aliphatic heterocycles. The number of hydrazine groups is 1. The fraction of sp³-hybridized carbons (Fsp3) is 0.400. The standard InChI is InChI=1S/C10H14BrN5S/c1-6-3-9(17-10(6)11)8(13-12)4-7-5-16(2)15-14-7/h3,5,8,13H,4,12H2,1-2H3. The van der Waals surface area contributed by atoms with Crippen LogP contribution in [0.4, 0.5) is 0 Å². The number of hydrogen-bond acceptors (Lipinski definition) is 5. The summed E-state index contributed by atoms with van der Waals surface area (Å²) in [5.41, 5.74) is 4.98. The summed E-state index contributed by atoms with van der Waals surface area (Å²) in [4.78, 5) is 1.20.